The fraction of sp³-hybridized carbons (Fsp3) is 0.692. The van der Waals surface area contributed by atoms with Crippen molar-refractivity contribution < 1.29 is 9.66 Å². The minimum absolute atomic E-state index is 0.0759. The molecule has 1 saturated heterocycles. The van der Waals surface area contributed by atoms with Crippen molar-refractivity contribution >= 4 is 35.0 Å². The van der Waals surface area contributed by atoms with Gasteiger partial charge in [-0.2, -0.15) is 21.7 Å². The summed E-state index contributed by atoms with van der Waals surface area (Å²) in [4.78, 5) is 21.7. The maximum absolute atomic E-state index is 11.6. The van der Waals surface area contributed by atoms with Gasteiger partial charge >= 0.3 is 11.6 Å². The van der Waals surface area contributed by atoms with Crippen LogP contribution >= 0.6 is 23.5 Å². The van der Waals surface area contributed by atoms with Gasteiger partial charge in [-0.05, 0) is 19.6 Å². The first-order chi connectivity index (χ1) is 10.6. The van der Waals surface area contributed by atoms with Crippen LogP contribution in [-0.2, 0) is 0 Å². The lowest BCUT2D eigenvalue weighted by atomic mass is 10.3. The number of hydrogen-bond donors (Lipinski definition) is 0. The van der Waals surface area contributed by atoms with E-state index in [9.17, 15) is 10.1 Å². The highest BCUT2D eigenvalue weighted by Gasteiger charge is 2.31. The van der Waals surface area contributed by atoms with E-state index in [0.717, 1.165) is 31.0 Å². The van der Waals surface area contributed by atoms with Crippen LogP contribution in [0.3, 0.4) is 0 Å². The Bertz CT molecular complexity index is 538. The van der Waals surface area contributed by atoms with Crippen LogP contribution in [0.1, 0.15) is 20.3 Å². The van der Waals surface area contributed by atoms with E-state index in [-0.39, 0.29) is 17.7 Å². The number of thioether (sulfide) groups is 2. The van der Waals surface area contributed by atoms with E-state index in [4.69, 9.17) is 4.74 Å². The quantitative estimate of drug-likeness (QED) is 0.337. The van der Waals surface area contributed by atoms with Crippen molar-refractivity contribution in [3.8, 4) is 5.88 Å². The summed E-state index contributed by atoms with van der Waals surface area (Å²) in [6, 6.07) is 0. The molecule has 0 amide bonds. The zero-order chi connectivity index (χ0) is 16.1. The minimum Gasteiger partial charge on any atom is -0.470 e. The first-order valence-electron chi connectivity index (χ1n) is 7.16. The lowest BCUT2D eigenvalue weighted by Crippen LogP contribution is -2.34. The number of nitro groups is 1. The summed E-state index contributed by atoms with van der Waals surface area (Å²) < 4.78 is 5.69. The molecule has 1 unspecified atom stereocenters. The lowest BCUT2D eigenvalue weighted by Gasteiger charge is -2.27. The standard InChI is InChI=1S/C13H20N4O3S2/c1-4-9(2)20-12-10(17(18)19)11(14-13(15-12)21-3)16-5-7-22-8-6-16/h9H,4-8H2,1-3H3. The third kappa shape index (κ3) is 3.95. The van der Waals surface area contributed by atoms with Crippen molar-refractivity contribution in [1.29, 1.82) is 0 Å². The predicted octanol–water partition coefficient (Wildman–Crippen LogP) is 2.84. The number of hydrogen-bond acceptors (Lipinski definition) is 8. The van der Waals surface area contributed by atoms with Gasteiger partial charge < -0.3 is 9.64 Å². The number of aromatic nitrogens is 2. The van der Waals surface area contributed by atoms with Crippen LogP contribution in [0.15, 0.2) is 5.16 Å². The summed E-state index contributed by atoms with van der Waals surface area (Å²) in [5.41, 5.74) is -0.120. The van der Waals surface area contributed by atoms with Gasteiger partial charge in [-0.25, -0.2) is 0 Å². The van der Waals surface area contributed by atoms with Gasteiger partial charge in [-0.3, -0.25) is 10.1 Å². The van der Waals surface area contributed by atoms with Gasteiger partial charge in [0.2, 0.25) is 5.82 Å². The molecule has 1 aromatic heterocycles. The van der Waals surface area contributed by atoms with Gasteiger partial charge in [0, 0.05) is 24.6 Å². The van der Waals surface area contributed by atoms with Crippen LogP contribution in [0.4, 0.5) is 11.5 Å². The van der Waals surface area contributed by atoms with Gasteiger partial charge in [0.05, 0.1) is 11.0 Å². The van der Waals surface area contributed by atoms with Gasteiger partial charge in [0.25, 0.3) is 0 Å². The third-order valence-electron chi connectivity index (χ3n) is 3.38. The molecule has 0 bridgehead atoms. The van der Waals surface area contributed by atoms with Crippen LogP contribution < -0.4 is 9.64 Å². The zero-order valence-corrected chi connectivity index (χ0v) is 14.6. The van der Waals surface area contributed by atoms with Crippen LogP contribution in [0.25, 0.3) is 0 Å². The van der Waals surface area contributed by atoms with Crippen molar-refractivity contribution in [2.24, 2.45) is 0 Å². The molecular weight excluding hydrogens is 324 g/mol. The molecule has 2 heterocycles. The molecule has 0 aliphatic carbocycles. The van der Waals surface area contributed by atoms with Gasteiger partial charge in [-0.15, -0.1) is 0 Å². The summed E-state index contributed by atoms with van der Waals surface area (Å²) in [5, 5.41) is 12.1. The SMILES string of the molecule is CCC(C)Oc1nc(SC)nc(N2CCSCC2)c1[N+](=O)[O-]. The predicted molar refractivity (Wildman–Crippen MR) is 90.4 cm³/mol. The van der Waals surface area contributed by atoms with Crippen LogP contribution in [-0.4, -0.2) is 51.8 Å². The lowest BCUT2D eigenvalue weighted by molar-refractivity contribution is -0.385. The van der Waals surface area contributed by atoms with Crippen LogP contribution in [0.2, 0.25) is 0 Å². The number of rotatable bonds is 6. The second kappa shape index (κ2) is 7.87. The van der Waals surface area contributed by atoms with Gasteiger partial charge in [0.1, 0.15) is 0 Å². The molecule has 2 rings (SSSR count). The topological polar surface area (TPSA) is 81.4 Å². The Morgan fingerprint density at radius 1 is 1.45 bits per heavy atom. The zero-order valence-electron chi connectivity index (χ0n) is 12.9. The van der Waals surface area contributed by atoms with Crippen molar-refractivity contribution in [2.45, 2.75) is 31.5 Å². The fourth-order valence-corrected chi connectivity index (χ4v) is 3.26. The first-order valence-corrected chi connectivity index (χ1v) is 9.54. The van der Waals surface area contributed by atoms with Crippen LogP contribution in [0.5, 0.6) is 5.88 Å². The average molecular weight is 344 g/mol. The maximum Gasteiger partial charge on any atom is 0.373 e. The second-order valence-electron chi connectivity index (χ2n) is 4.88. The van der Waals surface area contributed by atoms with Crippen molar-refractivity contribution in [2.75, 3.05) is 35.8 Å². The molecule has 0 saturated carbocycles. The molecule has 0 spiro atoms. The molecule has 9 heteroatoms. The smallest absolute Gasteiger partial charge is 0.373 e. The Balaban J connectivity index is 2.48. The molecule has 0 radical (unpaired) electrons. The molecule has 7 nitrogen and oxygen atoms in total. The Hall–Kier alpha value is -1.22. The highest BCUT2D eigenvalue weighted by Crippen LogP contribution is 2.37. The van der Waals surface area contributed by atoms with Crippen molar-refractivity contribution in [3.05, 3.63) is 10.1 Å². The highest BCUT2D eigenvalue weighted by molar-refractivity contribution is 7.99. The first kappa shape index (κ1) is 17.1. The molecule has 1 atom stereocenters. The van der Waals surface area contributed by atoms with Crippen molar-refractivity contribution in [1.82, 2.24) is 9.97 Å². The number of nitrogens with zero attached hydrogens (tertiary/aromatic N) is 4. The molecular formula is C13H20N4O3S2. The molecule has 122 valence electrons. The molecule has 1 fully saturated rings. The minimum atomic E-state index is -0.432. The normalized spacial score (nSPS) is 16.4. The molecule has 1 aromatic rings. The highest BCUT2D eigenvalue weighted by atomic mass is 32.2. The largest absolute Gasteiger partial charge is 0.470 e. The molecule has 1 aliphatic heterocycles. The summed E-state index contributed by atoms with van der Waals surface area (Å²) in [5.74, 6) is 2.34. The van der Waals surface area contributed by atoms with E-state index in [1.54, 1.807) is 0 Å². The van der Waals surface area contributed by atoms with Crippen LogP contribution in [0, 0.1) is 10.1 Å². The third-order valence-corrected chi connectivity index (χ3v) is 4.87. The second-order valence-corrected chi connectivity index (χ2v) is 6.88. The van der Waals surface area contributed by atoms with Gasteiger partial charge in [0.15, 0.2) is 5.16 Å². The van der Waals surface area contributed by atoms with E-state index < -0.39 is 4.92 Å². The number of anilines is 1. The van der Waals surface area contributed by atoms with Gasteiger partial charge in [-0.1, -0.05) is 18.7 Å². The molecule has 0 N–H and O–H groups in total. The molecule has 0 aromatic carbocycles. The van der Waals surface area contributed by atoms with E-state index in [1.807, 2.05) is 36.8 Å². The summed E-state index contributed by atoms with van der Waals surface area (Å²) in [6.45, 7) is 5.34. The Morgan fingerprint density at radius 2 is 2.14 bits per heavy atom. The monoisotopic (exact) mass is 344 g/mol. The summed E-state index contributed by atoms with van der Waals surface area (Å²) >= 11 is 3.20. The van der Waals surface area contributed by atoms with E-state index in [0.29, 0.717) is 11.0 Å². The molecule has 22 heavy (non-hydrogen) atoms. The summed E-state index contributed by atoms with van der Waals surface area (Å²) in [6.07, 6.45) is 2.48. The molecule has 1 aliphatic rings. The van der Waals surface area contributed by atoms with Crippen molar-refractivity contribution in [3.63, 3.8) is 0 Å². The average Bonchev–Trinajstić information content (AvgIpc) is 2.54. The van der Waals surface area contributed by atoms with E-state index >= 15 is 0 Å². The van der Waals surface area contributed by atoms with E-state index in [2.05, 4.69) is 9.97 Å². The Morgan fingerprint density at radius 3 is 2.68 bits per heavy atom. The fourth-order valence-electron chi connectivity index (χ4n) is 2.01. The van der Waals surface area contributed by atoms with E-state index in [1.165, 1.54) is 11.8 Å². The summed E-state index contributed by atoms with van der Waals surface area (Å²) in [7, 11) is 0. The Kier molecular flexibility index (Phi) is 6.13. The number of ether oxygens (including phenoxy) is 1. The maximum atomic E-state index is 11.6. The Labute approximate surface area is 138 Å².